The van der Waals surface area contributed by atoms with Crippen molar-refractivity contribution in [2.45, 2.75) is 43.8 Å². The molecular formula is C17H22O3S. The second-order valence-corrected chi connectivity index (χ2v) is 6.40. The number of hydrogen-bond acceptors (Lipinski definition) is 3. The Morgan fingerprint density at radius 1 is 1.38 bits per heavy atom. The summed E-state index contributed by atoms with van der Waals surface area (Å²) in [7, 11) is 0. The van der Waals surface area contributed by atoms with Crippen molar-refractivity contribution < 1.29 is 14.6 Å². The third-order valence-electron chi connectivity index (χ3n) is 3.43. The minimum absolute atomic E-state index is 0.0424. The Hall–Kier alpha value is -1.60. The molecule has 1 unspecified atom stereocenters. The molecule has 0 saturated heterocycles. The van der Waals surface area contributed by atoms with Crippen molar-refractivity contribution in [2.24, 2.45) is 5.92 Å². The van der Waals surface area contributed by atoms with Crippen LogP contribution in [0.5, 0.6) is 5.75 Å². The highest BCUT2D eigenvalue weighted by atomic mass is 32.2. The van der Waals surface area contributed by atoms with Gasteiger partial charge < -0.3 is 9.84 Å². The summed E-state index contributed by atoms with van der Waals surface area (Å²) in [6.45, 7) is 7.95. The van der Waals surface area contributed by atoms with E-state index in [-0.39, 0.29) is 5.92 Å². The fourth-order valence-corrected chi connectivity index (χ4v) is 3.21. The van der Waals surface area contributed by atoms with Crippen molar-refractivity contribution in [2.75, 3.05) is 6.61 Å². The summed E-state index contributed by atoms with van der Waals surface area (Å²) in [5.41, 5.74) is 0. The lowest BCUT2D eigenvalue weighted by atomic mass is 9.92. The molecule has 0 amide bonds. The highest BCUT2D eigenvalue weighted by molar-refractivity contribution is 8.01. The summed E-state index contributed by atoms with van der Waals surface area (Å²) >= 11 is 1.41. The average Bonchev–Trinajstić information content (AvgIpc) is 2.46. The topological polar surface area (TPSA) is 46.5 Å². The zero-order valence-corrected chi connectivity index (χ0v) is 13.8. The summed E-state index contributed by atoms with van der Waals surface area (Å²) in [6, 6.07) is 7.49. The molecule has 0 aliphatic rings. The van der Waals surface area contributed by atoms with Gasteiger partial charge in [-0.05, 0) is 43.5 Å². The maximum absolute atomic E-state index is 11.7. The van der Waals surface area contributed by atoms with Crippen LogP contribution >= 0.6 is 11.8 Å². The Kier molecular flexibility index (Phi) is 6.64. The SMILES string of the molecule is CC#CCOc1ccc(SC(CC)(C(=O)O)C(C)C)cc1. The van der Waals surface area contributed by atoms with Crippen molar-refractivity contribution in [1.82, 2.24) is 0 Å². The number of aliphatic carboxylic acids is 1. The zero-order valence-electron chi connectivity index (χ0n) is 13.0. The number of carboxylic acid groups (broad SMARTS) is 1. The normalized spacial score (nSPS) is 13.2. The third-order valence-corrected chi connectivity index (χ3v) is 5.24. The van der Waals surface area contributed by atoms with Crippen LogP contribution in [-0.4, -0.2) is 22.4 Å². The van der Waals surface area contributed by atoms with Crippen molar-refractivity contribution in [1.29, 1.82) is 0 Å². The number of ether oxygens (including phenoxy) is 1. The Balaban J connectivity index is 2.85. The first-order chi connectivity index (χ1) is 9.96. The van der Waals surface area contributed by atoms with Gasteiger partial charge in [0.05, 0.1) is 0 Å². The van der Waals surface area contributed by atoms with Gasteiger partial charge in [0.15, 0.2) is 0 Å². The largest absolute Gasteiger partial charge is 0.481 e. The van der Waals surface area contributed by atoms with Crippen LogP contribution in [0.1, 0.15) is 34.1 Å². The van der Waals surface area contributed by atoms with Crippen LogP contribution in [0.15, 0.2) is 29.2 Å². The number of carbonyl (C=O) groups is 1. The molecule has 0 aromatic heterocycles. The second-order valence-electron chi connectivity index (χ2n) is 4.99. The lowest BCUT2D eigenvalue weighted by Gasteiger charge is -2.31. The van der Waals surface area contributed by atoms with Gasteiger partial charge in [-0.1, -0.05) is 26.7 Å². The van der Waals surface area contributed by atoms with Gasteiger partial charge in [-0.15, -0.1) is 17.7 Å². The van der Waals surface area contributed by atoms with Crippen LogP contribution in [0, 0.1) is 17.8 Å². The van der Waals surface area contributed by atoms with E-state index in [1.807, 2.05) is 45.0 Å². The van der Waals surface area contributed by atoms with E-state index in [1.54, 1.807) is 6.92 Å². The molecule has 0 saturated carbocycles. The minimum atomic E-state index is -0.796. The van der Waals surface area contributed by atoms with E-state index in [2.05, 4.69) is 11.8 Å². The monoisotopic (exact) mass is 306 g/mol. The van der Waals surface area contributed by atoms with Gasteiger partial charge in [-0.25, -0.2) is 0 Å². The van der Waals surface area contributed by atoms with Gasteiger partial charge in [0, 0.05) is 4.90 Å². The van der Waals surface area contributed by atoms with E-state index in [0.717, 1.165) is 10.6 Å². The van der Waals surface area contributed by atoms with E-state index in [1.165, 1.54) is 11.8 Å². The van der Waals surface area contributed by atoms with Crippen LogP contribution in [-0.2, 0) is 4.79 Å². The first-order valence-electron chi connectivity index (χ1n) is 7.01. The fraction of sp³-hybridized carbons (Fsp3) is 0.471. The number of rotatable bonds is 7. The Bertz CT molecular complexity index is 525. The number of thioether (sulfide) groups is 1. The molecule has 0 radical (unpaired) electrons. The Labute approximate surface area is 131 Å². The van der Waals surface area contributed by atoms with Crippen molar-refractivity contribution in [3.8, 4) is 17.6 Å². The molecule has 21 heavy (non-hydrogen) atoms. The van der Waals surface area contributed by atoms with Gasteiger partial charge in [0.2, 0.25) is 0 Å². The summed E-state index contributed by atoms with van der Waals surface area (Å²) in [5, 5.41) is 9.59. The maximum Gasteiger partial charge on any atom is 0.320 e. The maximum atomic E-state index is 11.7. The Morgan fingerprint density at radius 3 is 2.43 bits per heavy atom. The van der Waals surface area contributed by atoms with Crippen LogP contribution in [0.2, 0.25) is 0 Å². The van der Waals surface area contributed by atoms with Crippen LogP contribution < -0.4 is 4.74 Å². The summed E-state index contributed by atoms with van der Waals surface area (Å²) in [5.74, 6) is 5.62. The van der Waals surface area contributed by atoms with E-state index in [4.69, 9.17) is 4.74 Å². The van der Waals surface area contributed by atoms with Crippen molar-refractivity contribution in [3.63, 3.8) is 0 Å². The minimum Gasteiger partial charge on any atom is -0.481 e. The predicted octanol–water partition coefficient (Wildman–Crippen LogP) is 4.07. The molecule has 0 bridgehead atoms. The molecule has 4 heteroatoms. The predicted molar refractivity (Wildman–Crippen MR) is 86.7 cm³/mol. The highest BCUT2D eigenvalue weighted by Crippen LogP contribution is 2.42. The molecule has 1 atom stereocenters. The van der Waals surface area contributed by atoms with Gasteiger partial charge >= 0.3 is 5.97 Å². The highest BCUT2D eigenvalue weighted by Gasteiger charge is 2.41. The average molecular weight is 306 g/mol. The van der Waals surface area contributed by atoms with Crippen molar-refractivity contribution in [3.05, 3.63) is 24.3 Å². The number of benzene rings is 1. The lowest BCUT2D eigenvalue weighted by Crippen LogP contribution is -2.39. The second kappa shape index (κ2) is 7.99. The van der Waals surface area contributed by atoms with E-state index in [9.17, 15) is 9.90 Å². The molecular weight excluding hydrogens is 284 g/mol. The Morgan fingerprint density at radius 2 is 2.00 bits per heavy atom. The van der Waals surface area contributed by atoms with E-state index in [0.29, 0.717) is 13.0 Å². The summed E-state index contributed by atoms with van der Waals surface area (Å²) in [4.78, 5) is 12.6. The van der Waals surface area contributed by atoms with Gasteiger partial charge in [-0.2, -0.15) is 0 Å². The third kappa shape index (κ3) is 4.44. The van der Waals surface area contributed by atoms with Gasteiger partial charge in [0.1, 0.15) is 17.1 Å². The van der Waals surface area contributed by atoms with Crippen molar-refractivity contribution >= 4 is 17.7 Å². The summed E-state index contributed by atoms with van der Waals surface area (Å²) < 4.78 is 4.66. The van der Waals surface area contributed by atoms with Crippen LogP contribution in [0.4, 0.5) is 0 Å². The smallest absolute Gasteiger partial charge is 0.320 e. The number of hydrogen-bond donors (Lipinski definition) is 1. The molecule has 114 valence electrons. The zero-order chi connectivity index (χ0) is 15.9. The molecule has 0 fully saturated rings. The molecule has 0 heterocycles. The van der Waals surface area contributed by atoms with Crippen LogP contribution in [0.25, 0.3) is 0 Å². The standard InChI is InChI=1S/C17H22O3S/c1-5-7-12-20-14-8-10-15(11-9-14)21-17(6-2,13(3)4)16(18)19/h8-11,13H,6,12H2,1-4H3,(H,18,19). The first kappa shape index (κ1) is 17.5. The molecule has 1 aromatic carbocycles. The van der Waals surface area contributed by atoms with Crippen LogP contribution in [0.3, 0.4) is 0 Å². The summed E-state index contributed by atoms with van der Waals surface area (Å²) in [6.07, 6.45) is 0.578. The molecule has 1 aromatic rings. The van der Waals surface area contributed by atoms with E-state index >= 15 is 0 Å². The molecule has 1 rings (SSSR count). The fourth-order valence-electron chi connectivity index (χ4n) is 2.05. The molecule has 0 spiro atoms. The molecule has 0 aliphatic heterocycles. The quantitative estimate of drug-likeness (QED) is 0.609. The molecule has 0 aliphatic carbocycles. The lowest BCUT2D eigenvalue weighted by molar-refractivity contribution is -0.141. The molecule has 3 nitrogen and oxygen atoms in total. The van der Waals surface area contributed by atoms with E-state index < -0.39 is 10.7 Å². The number of carboxylic acids is 1. The van der Waals surface area contributed by atoms with Gasteiger partial charge in [-0.3, -0.25) is 4.79 Å². The molecule has 1 N–H and O–H groups in total. The first-order valence-corrected chi connectivity index (χ1v) is 7.82. The van der Waals surface area contributed by atoms with Gasteiger partial charge in [0.25, 0.3) is 0 Å².